The minimum Gasteiger partial charge on any atom is -0.474 e. The van der Waals surface area contributed by atoms with E-state index in [1.165, 1.54) is 0 Å². The number of rotatable bonds is 8. The highest BCUT2D eigenvalue weighted by molar-refractivity contribution is 6.30. The first-order chi connectivity index (χ1) is 15.6. The summed E-state index contributed by atoms with van der Waals surface area (Å²) >= 11 is 6.04. The highest BCUT2D eigenvalue weighted by atomic mass is 35.5. The van der Waals surface area contributed by atoms with Crippen molar-refractivity contribution in [3.63, 3.8) is 0 Å². The van der Waals surface area contributed by atoms with E-state index >= 15 is 0 Å². The molecule has 3 heterocycles. The molecule has 2 N–H and O–H groups in total. The lowest BCUT2D eigenvalue weighted by Crippen LogP contribution is -2.42. The predicted molar refractivity (Wildman–Crippen MR) is 126 cm³/mol. The van der Waals surface area contributed by atoms with Crippen molar-refractivity contribution in [1.29, 1.82) is 0 Å². The Bertz CT molecular complexity index is 1060. The number of carbonyl (C=O) groups excluding carboxylic acids is 1. The van der Waals surface area contributed by atoms with Crippen LogP contribution in [0.25, 0.3) is 11.0 Å². The van der Waals surface area contributed by atoms with E-state index in [0.717, 1.165) is 49.7 Å². The monoisotopic (exact) mass is 455 g/mol. The summed E-state index contributed by atoms with van der Waals surface area (Å²) in [6.45, 7) is 6.50. The second-order valence-electron chi connectivity index (χ2n) is 8.21. The molecule has 1 aromatic carbocycles. The Morgan fingerprint density at radius 1 is 1.19 bits per heavy atom. The maximum Gasteiger partial charge on any atom is 0.272 e. The molecule has 0 unspecified atom stereocenters. The van der Waals surface area contributed by atoms with Crippen LogP contribution in [0.2, 0.25) is 5.02 Å². The van der Waals surface area contributed by atoms with E-state index in [1.807, 2.05) is 36.4 Å². The van der Waals surface area contributed by atoms with E-state index in [1.54, 1.807) is 4.68 Å². The number of fused-ring (bicyclic) bond motifs is 1. The molecule has 0 radical (unpaired) electrons. The van der Waals surface area contributed by atoms with Gasteiger partial charge in [-0.1, -0.05) is 37.6 Å². The van der Waals surface area contributed by atoms with Gasteiger partial charge >= 0.3 is 0 Å². The molecule has 1 aliphatic rings. The highest BCUT2D eigenvalue weighted by Crippen LogP contribution is 2.23. The average Bonchev–Trinajstić information content (AvgIpc) is 3.17. The molecule has 2 aromatic heterocycles. The van der Waals surface area contributed by atoms with Crippen molar-refractivity contribution in [2.24, 2.45) is 0 Å². The Hall–Kier alpha value is -2.64. The van der Waals surface area contributed by atoms with Crippen LogP contribution in [-0.4, -0.2) is 45.9 Å². The summed E-state index contributed by atoms with van der Waals surface area (Å²) in [4.78, 5) is 17.8. The van der Waals surface area contributed by atoms with Gasteiger partial charge in [0.2, 0.25) is 5.88 Å². The fourth-order valence-electron chi connectivity index (χ4n) is 3.99. The minimum absolute atomic E-state index is 0.107. The third-order valence-electron chi connectivity index (χ3n) is 5.90. The third-order valence-corrected chi connectivity index (χ3v) is 6.16. The summed E-state index contributed by atoms with van der Waals surface area (Å²) in [5.74, 6) is 0.390. The second-order valence-corrected chi connectivity index (χ2v) is 8.64. The van der Waals surface area contributed by atoms with Crippen LogP contribution in [0.4, 0.5) is 0 Å². The number of nitrogens with one attached hydrogen (secondary N) is 2. The number of carbonyl (C=O) groups is 1. The molecule has 1 saturated heterocycles. The van der Waals surface area contributed by atoms with Gasteiger partial charge in [-0.25, -0.2) is 4.68 Å². The molecule has 32 heavy (non-hydrogen) atoms. The van der Waals surface area contributed by atoms with E-state index in [4.69, 9.17) is 21.3 Å². The predicted octanol–water partition coefficient (Wildman–Crippen LogP) is 4.18. The fraction of sp³-hybridized carbons (Fsp3) is 0.458. The molecule has 0 atom stereocenters. The van der Waals surface area contributed by atoms with Crippen LogP contribution >= 0.6 is 11.6 Å². The van der Waals surface area contributed by atoms with Crippen molar-refractivity contribution in [2.45, 2.75) is 58.2 Å². The maximum atomic E-state index is 13.1. The molecule has 0 saturated carbocycles. The highest BCUT2D eigenvalue weighted by Gasteiger charge is 2.23. The number of aromatic nitrogens is 3. The molecule has 0 bridgehead atoms. The Kier molecular flexibility index (Phi) is 7.27. The maximum absolute atomic E-state index is 13.1. The summed E-state index contributed by atoms with van der Waals surface area (Å²) in [5, 5.41) is 12.5. The fourth-order valence-corrected chi connectivity index (χ4v) is 4.11. The quantitative estimate of drug-likeness (QED) is 0.532. The number of benzene rings is 1. The summed E-state index contributed by atoms with van der Waals surface area (Å²) in [5.41, 5.74) is 2.06. The van der Waals surface area contributed by atoms with Gasteiger partial charge in [0.05, 0.1) is 18.0 Å². The number of piperidine rings is 1. The summed E-state index contributed by atoms with van der Waals surface area (Å²) < 4.78 is 7.83. The number of amides is 1. The Morgan fingerprint density at radius 2 is 1.91 bits per heavy atom. The van der Waals surface area contributed by atoms with Crippen molar-refractivity contribution in [2.75, 3.05) is 13.1 Å². The van der Waals surface area contributed by atoms with Crippen LogP contribution in [0.5, 0.6) is 5.88 Å². The summed E-state index contributed by atoms with van der Waals surface area (Å²) in [6.07, 6.45) is 3.76. The standard InChI is InChI=1S/C24H30ClN5O2/c1-3-19(4-2)32-21-10-9-20-22(24(31)27-18-11-13-26-14-12-18)29-30(23(20)28-21)15-16-5-7-17(25)8-6-16/h5-10,18-19,26H,3-4,11-15H2,1-2H3,(H,27,31). The number of hydrogen-bond acceptors (Lipinski definition) is 5. The van der Waals surface area contributed by atoms with Crippen molar-refractivity contribution in [3.8, 4) is 5.88 Å². The lowest BCUT2D eigenvalue weighted by Gasteiger charge is -2.23. The normalized spacial score (nSPS) is 14.8. The van der Waals surface area contributed by atoms with Crippen LogP contribution in [0, 0.1) is 0 Å². The zero-order valence-corrected chi connectivity index (χ0v) is 19.4. The number of pyridine rings is 1. The molecule has 1 amide bonds. The van der Waals surface area contributed by atoms with Crippen molar-refractivity contribution < 1.29 is 9.53 Å². The number of ether oxygens (including phenoxy) is 1. The Labute approximate surface area is 193 Å². The Balaban J connectivity index is 1.67. The second kappa shape index (κ2) is 10.3. The molecule has 7 nitrogen and oxygen atoms in total. The smallest absolute Gasteiger partial charge is 0.272 e. The SMILES string of the molecule is CCC(CC)Oc1ccc2c(C(=O)NC3CCNCC3)nn(Cc3ccc(Cl)cc3)c2n1. The summed E-state index contributed by atoms with van der Waals surface area (Å²) in [7, 11) is 0. The molecule has 0 spiro atoms. The van der Waals surface area contributed by atoms with Gasteiger partial charge in [0.15, 0.2) is 11.3 Å². The zero-order chi connectivity index (χ0) is 22.5. The minimum atomic E-state index is -0.160. The first kappa shape index (κ1) is 22.6. The molecule has 1 fully saturated rings. The number of hydrogen-bond donors (Lipinski definition) is 2. The lowest BCUT2D eigenvalue weighted by atomic mass is 10.1. The zero-order valence-electron chi connectivity index (χ0n) is 18.6. The van der Waals surface area contributed by atoms with Crippen molar-refractivity contribution in [1.82, 2.24) is 25.4 Å². The molecular weight excluding hydrogens is 426 g/mol. The molecule has 8 heteroatoms. The van der Waals surface area contributed by atoms with Gasteiger partial charge in [-0.3, -0.25) is 4.79 Å². The number of halogens is 1. The molecule has 3 aromatic rings. The van der Waals surface area contributed by atoms with Crippen LogP contribution in [0.3, 0.4) is 0 Å². The van der Waals surface area contributed by atoms with Crippen LogP contribution < -0.4 is 15.4 Å². The van der Waals surface area contributed by atoms with Crippen LogP contribution in [-0.2, 0) is 6.54 Å². The van der Waals surface area contributed by atoms with Gasteiger partial charge < -0.3 is 15.4 Å². The third kappa shape index (κ3) is 5.22. The van der Waals surface area contributed by atoms with E-state index < -0.39 is 0 Å². The molecule has 4 rings (SSSR count). The van der Waals surface area contributed by atoms with Gasteiger partial charge in [0.25, 0.3) is 5.91 Å². The van der Waals surface area contributed by atoms with Gasteiger partial charge in [-0.15, -0.1) is 0 Å². The first-order valence-electron chi connectivity index (χ1n) is 11.4. The largest absolute Gasteiger partial charge is 0.474 e. The van der Waals surface area contributed by atoms with E-state index in [9.17, 15) is 4.79 Å². The molecular formula is C24H30ClN5O2. The van der Waals surface area contributed by atoms with E-state index in [2.05, 4.69) is 29.6 Å². The van der Waals surface area contributed by atoms with Crippen LogP contribution in [0.15, 0.2) is 36.4 Å². The van der Waals surface area contributed by atoms with Gasteiger partial charge in [-0.2, -0.15) is 10.1 Å². The first-order valence-corrected chi connectivity index (χ1v) is 11.8. The van der Waals surface area contributed by atoms with E-state index in [0.29, 0.717) is 28.8 Å². The van der Waals surface area contributed by atoms with Gasteiger partial charge in [0.1, 0.15) is 0 Å². The molecule has 170 valence electrons. The van der Waals surface area contributed by atoms with E-state index in [-0.39, 0.29) is 18.1 Å². The average molecular weight is 456 g/mol. The van der Waals surface area contributed by atoms with Gasteiger partial charge in [-0.05, 0) is 62.5 Å². The topological polar surface area (TPSA) is 81.1 Å². The molecule has 1 aliphatic heterocycles. The van der Waals surface area contributed by atoms with Crippen molar-refractivity contribution >= 4 is 28.5 Å². The summed E-state index contributed by atoms with van der Waals surface area (Å²) in [6, 6.07) is 11.5. The van der Waals surface area contributed by atoms with Gasteiger partial charge in [0, 0.05) is 17.1 Å². The lowest BCUT2D eigenvalue weighted by molar-refractivity contribution is 0.0925. The van der Waals surface area contributed by atoms with Crippen molar-refractivity contribution in [3.05, 3.63) is 52.7 Å². The molecule has 0 aliphatic carbocycles. The number of nitrogens with zero attached hydrogens (tertiary/aromatic N) is 3. The van der Waals surface area contributed by atoms with Crippen LogP contribution in [0.1, 0.15) is 55.6 Å². The Morgan fingerprint density at radius 3 is 2.59 bits per heavy atom.